The number of sulfonamides is 1. The van der Waals surface area contributed by atoms with Crippen molar-refractivity contribution in [2.75, 3.05) is 7.11 Å². The summed E-state index contributed by atoms with van der Waals surface area (Å²) in [5, 5.41) is 5.15. The fraction of sp³-hybridized carbons (Fsp3) is 0.462. The van der Waals surface area contributed by atoms with Crippen LogP contribution in [0.15, 0.2) is 17.0 Å². The smallest absolute Gasteiger partial charge is 0.338 e. The van der Waals surface area contributed by atoms with Gasteiger partial charge in [0.2, 0.25) is 10.0 Å². The Bertz CT molecular complexity index is 593. The lowest BCUT2D eigenvalue weighted by Gasteiger charge is -2.16. The SMILES string of the molecule is CCC(C)c1cc(C)c(S(N)(=O)=O)cc1C(=O)OC. The van der Waals surface area contributed by atoms with E-state index < -0.39 is 16.0 Å². The minimum atomic E-state index is -3.85. The third kappa shape index (κ3) is 3.33. The summed E-state index contributed by atoms with van der Waals surface area (Å²) in [6, 6.07) is 3.00. The summed E-state index contributed by atoms with van der Waals surface area (Å²) in [5.41, 5.74) is 1.57. The Morgan fingerprint density at radius 2 is 2.00 bits per heavy atom. The Morgan fingerprint density at radius 3 is 2.42 bits per heavy atom. The minimum absolute atomic E-state index is 0.0417. The number of carbonyl (C=O) groups is 1. The Morgan fingerprint density at radius 1 is 1.42 bits per heavy atom. The van der Waals surface area contributed by atoms with Crippen LogP contribution < -0.4 is 5.14 Å². The first-order chi connectivity index (χ1) is 8.72. The van der Waals surface area contributed by atoms with Gasteiger partial charge in [0, 0.05) is 0 Å². The molecule has 1 aromatic rings. The standard InChI is InChI=1S/C13H19NO4S/c1-5-8(2)10-6-9(3)12(19(14,16)17)7-11(10)13(15)18-4/h6-8H,5H2,1-4H3,(H2,14,16,17). The number of carbonyl (C=O) groups excluding carboxylic acids is 1. The minimum Gasteiger partial charge on any atom is -0.465 e. The summed E-state index contributed by atoms with van der Waals surface area (Å²) in [7, 11) is -2.59. The van der Waals surface area contributed by atoms with E-state index in [1.807, 2.05) is 13.8 Å². The molecule has 6 heteroatoms. The lowest BCUT2D eigenvalue weighted by atomic mass is 9.92. The number of nitrogens with two attached hydrogens (primary N) is 1. The molecule has 1 aromatic carbocycles. The fourth-order valence-corrected chi connectivity index (χ4v) is 2.72. The first-order valence-electron chi connectivity index (χ1n) is 5.98. The van der Waals surface area contributed by atoms with Crippen LogP contribution >= 0.6 is 0 Å². The predicted molar refractivity (Wildman–Crippen MR) is 72.6 cm³/mol. The van der Waals surface area contributed by atoms with Crippen molar-refractivity contribution < 1.29 is 17.9 Å². The molecule has 0 aromatic heterocycles. The molecule has 0 fully saturated rings. The molecule has 0 saturated carbocycles. The average molecular weight is 285 g/mol. The van der Waals surface area contributed by atoms with Crippen LogP contribution in [-0.2, 0) is 14.8 Å². The first-order valence-corrected chi connectivity index (χ1v) is 7.52. The normalized spacial score (nSPS) is 13.1. The van der Waals surface area contributed by atoms with Gasteiger partial charge in [-0.05, 0) is 36.5 Å². The molecule has 106 valence electrons. The van der Waals surface area contributed by atoms with Crippen LogP contribution in [0.5, 0.6) is 0 Å². The van der Waals surface area contributed by atoms with Crippen LogP contribution in [0.25, 0.3) is 0 Å². The largest absolute Gasteiger partial charge is 0.465 e. The van der Waals surface area contributed by atoms with Gasteiger partial charge in [0.25, 0.3) is 0 Å². The van der Waals surface area contributed by atoms with E-state index in [0.717, 1.165) is 12.0 Å². The highest BCUT2D eigenvalue weighted by Crippen LogP contribution is 2.28. The van der Waals surface area contributed by atoms with E-state index in [1.54, 1.807) is 13.0 Å². The highest BCUT2D eigenvalue weighted by atomic mass is 32.2. The van der Waals surface area contributed by atoms with Gasteiger partial charge in [-0.3, -0.25) is 0 Å². The Kier molecular flexibility index (Phi) is 4.70. The van der Waals surface area contributed by atoms with Gasteiger partial charge in [-0.1, -0.05) is 19.9 Å². The average Bonchev–Trinajstić information content (AvgIpc) is 2.35. The zero-order chi connectivity index (χ0) is 14.8. The third-order valence-corrected chi connectivity index (χ3v) is 4.26. The number of esters is 1. The van der Waals surface area contributed by atoms with Crippen LogP contribution in [0.1, 0.15) is 47.7 Å². The van der Waals surface area contributed by atoms with Gasteiger partial charge in [0.1, 0.15) is 0 Å². The van der Waals surface area contributed by atoms with E-state index in [4.69, 9.17) is 9.88 Å². The number of rotatable bonds is 4. The first kappa shape index (κ1) is 15.7. The Labute approximate surface area is 113 Å². The van der Waals surface area contributed by atoms with E-state index in [9.17, 15) is 13.2 Å². The van der Waals surface area contributed by atoms with Gasteiger partial charge in [0.05, 0.1) is 17.6 Å². The molecule has 19 heavy (non-hydrogen) atoms. The molecule has 1 unspecified atom stereocenters. The van der Waals surface area contributed by atoms with Crippen molar-refractivity contribution in [3.63, 3.8) is 0 Å². The summed E-state index contributed by atoms with van der Waals surface area (Å²) in [6.07, 6.45) is 0.832. The molecule has 0 aliphatic heterocycles. The second-order valence-corrected chi connectivity index (χ2v) is 6.08. The van der Waals surface area contributed by atoms with Gasteiger partial charge in [-0.2, -0.15) is 0 Å². The van der Waals surface area contributed by atoms with Gasteiger partial charge in [0.15, 0.2) is 0 Å². The summed E-state index contributed by atoms with van der Waals surface area (Å²) in [6.45, 7) is 5.62. The topological polar surface area (TPSA) is 86.5 Å². The van der Waals surface area contributed by atoms with Crippen LogP contribution in [0.4, 0.5) is 0 Å². The van der Waals surface area contributed by atoms with Crippen LogP contribution in [0, 0.1) is 6.92 Å². The van der Waals surface area contributed by atoms with Crippen molar-refractivity contribution >= 4 is 16.0 Å². The highest BCUT2D eigenvalue weighted by molar-refractivity contribution is 7.89. The van der Waals surface area contributed by atoms with Gasteiger partial charge in [-0.25, -0.2) is 18.4 Å². The summed E-state index contributed by atoms with van der Waals surface area (Å²) in [4.78, 5) is 11.7. The maximum atomic E-state index is 11.8. The number of primary sulfonamides is 1. The third-order valence-electron chi connectivity index (χ3n) is 3.20. The van der Waals surface area contributed by atoms with Gasteiger partial charge < -0.3 is 4.74 Å². The van der Waals surface area contributed by atoms with Crippen molar-refractivity contribution in [2.45, 2.75) is 38.0 Å². The number of hydrogen-bond acceptors (Lipinski definition) is 4. The molecule has 0 bridgehead atoms. The molecule has 0 heterocycles. The molecule has 2 N–H and O–H groups in total. The fourth-order valence-electron chi connectivity index (χ4n) is 1.93. The molecule has 0 radical (unpaired) electrons. The maximum Gasteiger partial charge on any atom is 0.338 e. The van der Waals surface area contributed by atoms with Crippen molar-refractivity contribution in [2.24, 2.45) is 5.14 Å². The molecule has 0 spiro atoms. The van der Waals surface area contributed by atoms with Crippen molar-refractivity contribution in [1.29, 1.82) is 0 Å². The number of aryl methyl sites for hydroxylation is 1. The monoisotopic (exact) mass is 285 g/mol. The lowest BCUT2D eigenvalue weighted by Crippen LogP contribution is -2.17. The van der Waals surface area contributed by atoms with E-state index >= 15 is 0 Å². The number of methoxy groups -OCH3 is 1. The lowest BCUT2D eigenvalue weighted by molar-refractivity contribution is 0.0598. The zero-order valence-corrected chi connectivity index (χ0v) is 12.4. The summed E-state index contributed by atoms with van der Waals surface area (Å²) >= 11 is 0. The maximum absolute atomic E-state index is 11.8. The quantitative estimate of drug-likeness (QED) is 0.856. The van der Waals surface area contributed by atoms with Gasteiger partial charge >= 0.3 is 5.97 Å². The molecule has 0 amide bonds. The van der Waals surface area contributed by atoms with Crippen LogP contribution in [-0.4, -0.2) is 21.5 Å². The second-order valence-electron chi connectivity index (χ2n) is 4.55. The summed E-state index contributed by atoms with van der Waals surface area (Å²) < 4.78 is 27.7. The van der Waals surface area contributed by atoms with Crippen LogP contribution in [0.3, 0.4) is 0 Å². The highest BCUT2D eigenvalue weighted by Gasteiger charge is 2.21. The number of ether oxygens (including phenoxy) is 1. The zero-order valence-electron chi connectivity index (χ0n) is 11.6. The van der Waals surface area contributed by atoms with E-state index in [0.29, 0.717) is 5.56 Å². The van der Waals surface area contributed by atoms with Crippen molar-refractivity contribution in [1.82, 2.24) is 0 Å². The van der Waals surface area contributed by atoms with Crippen LogP contribution in [0.2, 0.25) is 0 Å². The number of benzene rings is 1. The van der Waals surface area contributed by atoms with Crippen molar-refractivity contribution in [3.05, 3.63) is 28.8 Å². The molecule has 1 rings (SSSR count). The van der Waals surface area contributed by atoms with Crippen molar-refractivity contribution in [3.8, 4) is 0 Å². The molecule has 5 nitrogen and oxygen atoms in total. The second kappa shape index (κ2) is 5.71. The molecular formula is C13H19NO4S. The van der Waals surface area contributed by atoms with Gasteiger partial charge in [-0.15, -0.1) is 0 Å². The molecule has 0 saturated heterocycles. The molecule has 0 aliphatic rings. The molecule has 0 aliphatic carbocycles. The van der Waals surface area contributed by atoms with E-state index in [1.165, 1.54) is 13.2 Å². The molecule has 1 atom stereocenters. The van der Waals surface area contributed by atoms with E-state index in [-0.39, 0.29) is 16.4 Å². The Balaban J connectivity index is 3.59. The summed E-state index contributed by atoms with van der Waals surface area (Å²) in [5.74, 6) is -0.428. The molecular weight excluding hydrogens is 266 g/mol. The Hall–Kier alpha value is -1.40. The van der Waals surface area contributed by atoms with E-state index in [2.05, 4.69) is 0 Å². The predicted octanol–water partition coefficient (Wildman–Crippen LogP) is 1.94. The number of hydrogen-bond donors (Lipinski definition) is 1.